The van der Waals surface area contributed by atoms with E-state index >= 15 is 0 Å². The molecule has 0 heterocycles. The molecule has 1 N–H and O–H groups in total. The van der Waals surface area contributed by atoms with Crippen LogP contribution in [0.15, 0.2) is 0 Å². The van der Waals surface area contributed by atoms with Gasteiger partial charge in [0.1, 0.15) is 6.04 Å². The van der Waals surface area contributed by atoms with Gasteiger partial charge < -0.3 is 5.32 Å². The lowest BCUT2D eigenvalue weighted by molar-refractivity contribution is -0.124. The number of nitrogens with zero attached hydrogens (tertiary/aromatic N) is 1. The number of nitrogens with one attached hydrogen (secondary N) is 1. The van der Waals surface area contributed by atoms with Crippen LogP contribution < -0.4 is 5.32 Å². The summed E-state index contributed by atoms with van der Waals surface area (Å²) in [7, 11) is 0. The van der Waals surface area contributed by atoms with E-state index in [1.807, 2.05) is 27.7 Å². The predicted molar refractivity (Wildman–Crippen MR) is 47.2 cm³/mol. The lowest BCUT2D eigenvalue weighted by Crippen LogP contribution is -2.39. The van der Waals surface area contributed by atoms with Crippen molar-refractivity contribution < 1.29 is 4.79 Å². The Morgan fingerprint density at radius 2 is 1.83 bits per heavy atom. The molecule has 0 aromatic heterocycles. The largest absolute Gasteiger partial charge is 0.340 e. The molecule has 0 aliphatic heterocycles. The minimum Gasteiger partial charge on any atom is -0.340 e. The van der Waals surface area contributed by atoms with Gasteiger partial charge in [-0.1, -0.05) is 27.7 Å². The minimum absolute atomic E-state index is 0.0559. The molecule has 0 radical (unpaired) electrons. The first-order valence-corrected chi connectivity index (χ1v) is 4.19. The van der Waals surface area contributed by atoms with Crippen LogP contribution in [0.25, 0.3) is 0 Å². The molecule has 1 unspecified atom stereocenters. The molecule has 3 nitrogen and oxygen atoms in total. The molecule has 0 aliphatic rings. The van der Waals surface area contributed by atoms with Gasteiger partial charge >= 0.3 is 0 Å². The van der Waals surface area contributed by atoms with Crippen molar-refractivity contribution in [3.05, 3.63) is 0 Å². The molecule has 12 heavy (non-hydrogen) atoms. The van der Waals surface area contributed by atoms with E-state index in [4.69, 9.17) is 5.26 Å². The van der Waals surface area contributed by atoms with Crippen LogP contribution in [-0.2, 0) is 4.79 Å². The van der Waals surface area contributed by atoms with Crippen LogP contribution in [-0.4, -0.2) is 11.9 Å². The fourth-order valence-electron chi connectivity index (χ4n) is 0.668. The van der Waals surface area contributed by atoms with Gasteiger partial charge in [-0.05, 0) is 5.92 Å². The van der Waals surface area contributed by atoms with E-state index in [1.165, 1.54) is 0 Å². The third-order valence-electron chi connectivity index (χ3n) is 1.63. The number of hydrogen-bond donors (Lipinski definition) is 1. The van der Waals surface area contributed by atoms with E-state index in [0.29, 0.717) is 0 Å². The molecular weight excluding hydrogens is 152 g/mol. The van der Waals surface area contributed by atoms with Crippen molar-refractivity contribution in [1.29, 1.82) is 5.26 Å². The lowest BCUT2D eigenvalue weighted by Gasteiger charge is -2.16. The van der Waals surface area contributed by atoms with E-state index in [0.717, 1.165) is 0 Å². The van der Waals surface area contributed by atoms with Crippen LogP contribution >= 0.6 is 0 Å². The fourth-order valence-corrected chi connectivity index (χ4v) is 0.668. The van der Waals surface area contributed by atoms with Crippen LogP contribution in [0.5, 0.6) is 0 Å². The molecular formula is C9H16N2O. The van der Waals surface area contributed by atoms with Crippen LogP contribution in [0.4, 0.5) is 0 Å². The van der Waals surface area contributed by atoms with Crippen LogP contribution in [0.1, 0.15) is 27.7 Å². The number of rotatable bonds is 3. The second-order valence-electron chi connectivity index (χ2n) is 3.51. The quantitative estimate of drug-likeness (QED) is 0.690. The van der Waals surface area contributed by atoms with E-state index in [-0.39, 0.29) is 23.8 Å². The summed E-state index contributed by atoms with van der Waals surface area (Å²) in [6, 6.07) is 1.69. The van der Waals surface area contributed by atoms with Gasteiger partial charge in [0.15, 0.2) is 0 Å². The molecule has 3 heteroatoms. The third-order valence-corrected chi connectivity index (χ3v) is 1.63. The highest BCUT2D eigenvalue weighted by atomic mass is 16.1. The average Bonchev–Trinajstić information content (AvgIpc) is 1.98. The Morgan fingerprint density at radius 1 is 1.33 bits per heavy atom. The highest BCUT2D eigenvalue weighted by Gasteiger charge is 2.16. The Labute approximate surface area is 73.8 Å². The molecule has 68 valence electrons. The summed E-state index contributed by atoms with van der Waals surface area (Å²) in [5.41, 5.74) is 0. The van der Waals surface area contributed by atoms with Crippen molar-refractivity contribution in [2.45, 2.75) is 33.7 Å². The summed E-state index contributed by atoms with van der Waals surface area (Å²) in [5, 5.41) is 11.3. The monoisotopic (exact) mass is 168 g/mol. The van der Waals surface area contributed by atoms with Gasteiger partial charge in [0.2, 0.25) is 5.91 Å². The Bertz CT molecular complexity index is 191. The van der Waals surface area contributed by atoms with Gasteiger partial charge in [-0.25, -0.2) is 0 Å². The van der Waals surface area contributed by atoms with Crippen molar-refractivity contribution in [3.63, 3.8) is 0 Å². The van der Waals surface area contributed by atoms with Gasteiger partial charge in [-0.3, -0.25) is 4.79 Å². The SMILES string of the molecule is CC(C)C(=O)NC(C#N)C(C)C. The minimum atomic E-state index is -0.361. The number of carbonyl (C=O) groups is 1. The molecule has 0 saturated carbocycles. The second-order valence-corrected chi connectivity index (χ2v) is 3.51. The van der Waals surface area contributed by atoms with E-state index in [9.17, 15) is 4.79 Å². The first kappa shape index (κ1) is 11.0. The first-order chi connectivity index (χ1) is 5.49. The maximum Gasteiger partial charge on any atom is 0.223 e. The van der Waals surface area contributed by atoms with Crippen molar-refractivity contribution in [2.75, 3.05) is 0 Å². The van der Waals surface area contributed by atoms with E-state index < -0.39 is 0 Å². The molecule has 0 fully saturated rings. The van der Waals surface area contributed by atoms with Crippen molar-refractivity contribution in [2.24, 2.45) is 11.8 Å². The van der Waals surface area contributed by atoms with Gasteiger partial charge in [0, 0.05) is 5.92 Å². The highest BCUT2D eigenvalue weighted by Crippen LogP contribution is 2.01. The Morgan fingerprint density at radius 3 is 2.08 bits per heavy atom. The lowest BCUT2D eigenvalue weighted by atomic mass is 10.1. The summed E-state index contributed by atoms with van der Waals surface area (Å²) >= 11 is 0. The first-order valence-electron chi connectivity index (χ1n) is 4.19. The number of nitriles is 1. The van der Waals surface area contributed by atoms with Crippen molar-refractivity contribution >= 4 is 5.91 Å². The Hall–Kier alpha value is -1.04. The van der Waals surface area contributed by atoms with Gasteiger partial charge in [-0.2, -0.15) is 5.26 Å². The molecule has 0 rings (SSSR count). The van der Waals surface area contributed by atoms with Gasteiger partial charge in [0.25, 0.3) is 0 Å². The summed E-state index contributed by atoms with van der Waals surface area (Å²) in [5.74, 6) is 0.0487. The summed E-state index contributed by atoms with van der Waals surface area (Å²) in [6.07, 6.45) is 0. The zero-order chi connectivity index (χ0) is 9.72. The average molecular weight is 168 g/mol. The second kappa shape index (κ2) is 4.76. The molecule has 0 aromatic carbocycles. The maximum atomic E-state index is 11.2. The van der Waals surface area contributed by atoms with Crippen molar-refractivity contribution in [3.8, 4) is 6.07 Å². The van der Waals surface area contributed by atoms with Crippen LogP contribution in [0, 0.1) is 23.2 Å². The van der Waals surface area contributed by atoms with E-state index in [1.54, 1.807) is 0 Å². The standard InChI is InChI=1S/C9H16N2O/c1-6(2)8(5-10)11-9(12)7(3)4/h6-8H,1-4H3,(H,11,12). The Balaban J connectivity index is 4.06. The molecule has 0 aromatic rings. The topological polar surface area (TPSA) is 52.9 Å². The molecule has 0 aliphatic carbocycles. The highest BCUT2D eigenvalue weighted by molar-refractivity contribution is 5.78. The molecule has 0 bridgehead atoms. The smallest absolute Gasteiger partial charge is 0.223 e. The maximum absolute atomic E-state index is 11.2. The third kappa shape index (κ3) is 3.38. The predicted octanol–water partition coefficient (Wildman–Crippen LogP) is 1.31. The van der Waals surface area contributed by atoms with Crippen LogP contribution in [0.2, 0.25) is 0 Å². The summed E-state index contributed by atoms with van der Waals surface area (Å²) < 4.78 is 0. The number of amides is 1. The Kier molecular flexibility index (Phi) is 4.35. The van der Waals surface area contributed by atoms with E-state index in [2.05, 4.69) is 11.4 Å². The number of carbonyl (C=O) groups excluding carboxylic acids is 1. The van der Waals surface area contributed by atoms with Crippen molar-refractivity contribution in [1.82, 2.24) is 5.32 Å². The van der Waals surface area contributed by atoms with Gasteiger partial charge in [-0.15, -0.1) is 0 Å². The van der Waals surface area contributed by atoms with Crippen LogP contribution in [0.3, 0.4) is 0 Å². The van der Waals surface area contributed by atoms with Gasteiger partial charge in [0.05, 0.1) is 6.07 Å². The zero-order valence-corrected chi connectivity index (χ0v) is 8.09. The number of hydrogen-bond acceptors (Lipinski definition) is 2. The molecule has 1 amide bonds. The molecule has 0 saturated heterocycles. The molecule has 1 atom stereocenters. The summed E-state index contributed by atoms with van der Waals surface area (Å²) in [4.78, 5) is 11.2. The zero-order valence-electron chi connectivity index (χ0n) is 8.09. The fraction of sp³-hybridized carbons (Fsp3) is 0.778. The molecule has 0 spiro atoms. The summed E-state index contributed by atoms with van der Waals surface area (Å²) in [6.45, 7) is 7.44. The normalized spacial score (nSPS) is 12.8.